The average Bonchev–Trinajstić information content (AvgIpc) is 3.07. The minimum atomic E-state index is -3.77. The second-order valence-electron chi connectivity index (χ2n) is 5.96. The van der Waals surface area contributed by atoms with Crippen LogP contribution in [0.15, 0.2) is 29.2 Å². The summed E-state index contributed by atoms with van der Waals surface area (Å²) in [6.45, 7) is 0. The number of benzene rings is 1. The molecule has 1 heterocycles. The SMILES string of the molecule is O=C(O)[C@H]1C[C@H]2CCC[C@H]2N1S(=O)(=O)c1ccc(CBr)cc1. The number of carboxylic acid groups (broad SMARTS) is 1. The van der Waals surface area contributed by atoms with E-state index in [0.29, 0.717) is 11.8 Å². The summed E-state index contributed by atoms with van der Waals surface area (Å²) in [4.78, 5) is 11.7. The van der Waals surface area contributed by atoms with Crippen molar-refractivity contribution in [1.29, 1.82) is 0 Å². The Balaban J connectivity index is 1.99. The van der Waals surface area contributed by atoms with Crippen molar-refractivity contribution in [2.24, 2.45) is 5.92 Å². The molecular weight excluding hydrogens is 370 g/mol. The summed E-state index contributed by atoms with van der Waals surface area (Å²) < 4.78 is 27.1. The van der Waals surface area contributed by atoms with Gasteiger partial charge in [-0.05, 0) is 42.9 Å². The van der Waals surface area contributed by atoms with Gasteiger partial charge in [-0.25, -0.2) is 8.42 Å². The van der Waals surface area contributed by atoms with Crippen LogP contribution in [-0.4, -0.2) is 35.9 Å². The molecule has 0 aromatic heterocycles. The molecule has 0 radical (unpaired) electrons. The normalized spacial score (nSPS) is 28.7. The van der Waals surface area contributed by atoms with Gasteiger partial charge in [0.05, 0.1) is 4.90 Å². The summed E-state index contributed by atoms with van der Waals surface area (Å²) in [5, 5.41) is 10.1. The predicted octanol–water partition coefficient (Wildman–Crippen LogP) is 2.60. The van der Waals surface area contributed by atoms with Crippen LogP contribution in [0.4, 0.5) is 0 Å². The Labute approximate surface area is 138 Å². The first kappa shape index (κ1) is 16.0. The van der Waals surface area contributed by atoms with E-state index in [0.717, 1.165) is 24.8 Å². The van der Waals surface area contributed by atoms with E-state index in [4.69, 9.17) is 0 Å². The fraction of sp³-hybridized carbons (Fsp3) is 0.533. The number of halogens is 1. The quantitative estimate of drug-likeness (QED) is 0.805. The molecule has 0 amide bonds. The van der Waals surface area contributed by atoms with Crippen LogP contribution in [0.3, 0.4) is 0 Å². The van der Waals surface area contributed by atoms with Crippen LogP contribution in [-0.2, 0) is 20.1 Å². The molecule has 7 heteroatoms. The van der Waals surface area contributed by atoms with E-state index in [2.05, 4.69) is 15.9 Å². The summed E-state index contributed by atoms with van der Waals surface area (Å²) >= 11 is 3.33. The fourth-order valence-corrected chi connectivity index (χ4v) is 5.92. The second-order valence-corrected chi connectivity index (χ2v) is 8.36. The molecule has 1 saturated heterocycles. The number of nitrogens with zero attached hydrogens (tertiary/aromatic N) is 1. The first-order chi connectivity index (χ1) is 10.4. The lowest BCUT2D eigenvalue weighted by Gasteiger charge is -2.26. The van der Waals surface area contributed by atoms with Gasteiger partial charge in [-0.1, -0.05) is 34.5 Å². The highest BCUT2D eigenvalue weighted by Gasteiger charge is 2.52. The second kappa shape index (κ2) is 5.94. The lowest BCUT2D eigenvalue weighted by molar-refractivity contribution is -0.141. The van der Waals surface area contributed by atoms with Crippen LogP contribution in [0.25, 0.3) is 0 Å². The lowest BCUT2D eigenvalue weighted by atomic mass is 10.0. The van der Waals surface area contributed by atoms with Crippen molar-refractivity contribution in [3.63, 3.8) is 0 Å². The van der Waals surface area contributed by atoms with Crippen molar-refractivity contribution < 1.29 is 18.3 Å². The number of sulfonamides is 1. The topological polar surface area (TPSA) is 74.7 Å². The van der Waals surface area contributed by atoms with Gasteiger partial charge < -0.3 is 5.11 Å². The number of carboxylic acids is 1. The van der Waals surface area contributed by atoms with Gasteiger partial charge in [-0.15, -0.1) is 0 Å². The van der Waals surface area contributed by atoms with Crippen LogP contribution >= 0.6 is 15.9 Å². The highest BCUT2D eigenvalue weighted by Crippen LogP contribution is 2.44. The number of alkyl halides is 1. The lowest BCUT2D eigenvalue weighted by Crippen LogP contribution is -2.44. The Morgan fingerprint density at radius 2 is 1.95 bits per heavy atom. The first-order valence-electron chi connectivity index (χ1n) is 7.36. The average molecular weight is 388 g/mol. The van der Waals surface area contributed by atoms with E-state index < -0.39 is 22.0 Å². The van der Waals surface area contributed by atoms with E-state index in [1.807, 2.05) is 0 Å². The van der Waals surface area contributed by atoms with Gasteiger partial charge >= 0.3 is 5.97 Å². The van der Waals surface area contributed by atoms with Crippen LogP contribution in [0.1, 0.15) is 31.2 Å². The molecule has 3 rings (SSSR count). The van der Waals surface area contributed by atoms with Gasteiger partial charge in [0.15, 0.2) is 0 Å². The van der Waals surface area contributed by atoms with E-state index in [1.54, 1.807) is 24.3 Å². The van der Waals surface area contributed by atoms with Gasteiger partial charge in [0.25, 0.3) is 0 Å². The molecule has 1 aliphatic carbocycles. The molecule has 0 bridgehead atoms. The summed E-state index contributed by atoms with van der Waals surface area (Å²) in [5.41, 5.74) is 0.980. The van der Waals surface area contributed by atoms with Gasteiger partial charge in [0.2, 0.25) is 10.0 Å². The summed E-state index contributed by atoms with van der Waals surface area (Å²) in [6.07, 6.45) is 3.07. The van der Waals surface area contributed by atoms with Crippen molar-refractivity contribution in [2.45, 2.75) is 48.0 Å². The smallest absolute Gasteiger partial charge is 0.322 e. The van der Waals surface area contributed by atoms with E-state index >= 15 is 0 Å². The summed E-state index contributed by atoms with van der Waals surface area (Å²) in [7, 11) is -3.77. The largest absolute Gasteiger partial charge is 0.480 e. The van der Waals surface area contributed by atoms with E-state index in [9.17, 15) is 18.3 Å². The number of hydrogen-bond acceptors (Lipinski definition) is 3. The van der Waals surface area contributed by atoms with Crippen LogP contribution < -0.4 is 0 Å². The van der Waals surface area contributed by atoms with Crippen molar-refractivity contribution in [1.82, 2.24) is 4.31 Å². The molecular formula is C15H18BrNO4S. The van der Waals surface area contributed by atoms with Gasteiger partial charge in [-0.3, -0.25) is 4.79 Å². The van der Waals surface area contributed by atoms with Gasteiger partial charge in [0, 0.05) is 11.4 Å². The van der Waals surface area contributed by atoms with E-state index in [1.165, 1.54) is 4.31 Å². The van der Waals surface area contributed by atoms with Crippen molar-refractivity contribution in [3.8, 4) is 0 Å². The van der Waals surface area contributed by atoms with Crippen molar-refractivity contribution in [3.05, 3.63) is 29.8 Å². The predicted molar refractivity (Wildman–Crippen MR) is 85.3 cm³/mol. The van der Waals surface area contributed by atoms with Crippen molar-refractivity contribution >= 4 is 31.9 Å². The maximum absolute atomic E-state index is 12.9. The monoisotopic (exact) mass is 387 g/mol. The maximum atomic E-state index is 12.9. The molecule has 22 heavy (non-hydrogen) atoms. The van der Waals surface area contributed by atoms with Gasteiger partial charge in [-0.2, -0.15) is 4.31 Å². The third-order valence-corrected chi connectivity index (χ3v) is 7.31. The Bertz CT molecular complexity index is 673. The molecule has 1 N–H and O–H groups in total. The molecule has 1 saturated carbocycles. The minimum Gasteiger partial charge on any atom is -0.480 e. The number of aliphatic carboxylic acids is 1. The van der Waals surface area contributed by atoms with Crippen LogP contribution in [0.5, 0.6) is 0 Å². The molecule has 1 aromatic rings. The molecule has 3 atom stereocenters. The standard InChI is InChI=1S/C15H18BrNO4S/c16-9-10-4-6-12(7-5-10)22(20,21)17-13-3-1-2-11(13)8-14(17)15(18)19/h4-7,11,13-14H,1-3,8-9H2,(H,18,19)/t11-,13-,14-/m1/s1. The zero-order valence-electron chi connectivity index (χ0n) is 12.0. The molecule has 2 aliphatic rings. The first-order valence-corrected chi connectivity index (χ1v) is 9.92. The third-order valence-electron chi connectivity index (χ3n) is 4.72. The molecule has 2 fully saturated rings. The zero-order chi connectivity index (χ0) is 15.9. The minimum absolute atomic E-state index is 0.165. The summed E-state index contributed by atoms with van der Waals surface area (Å²) in [5.74, 6) is -0.868. The molecule has 120 valence electrons. The highest BCUT2D eigenvalue weighted by atomic mass is 79.9. The maximum Gasteiger partial charge on any atom is 0.322 e. The molecule has 1 aromatic carbocycles. The Hall–Kier alpha value is -0.920. The van der Waals surface area contributed by atoms with E-state index in [-0.39, 0.29) is 16.9 Å². The molecule has 0 spiro atoms. The molecule has 1 aliphatic heterocycles. The summed E-state index contributed by atoms with van der Waals surface area (Å²) in [6, 6.07) is 5.53. The number of hydrogen-bond donors (Lipinski definition) is 1. The Morgan fingerprint density at radius 1 is 1.27 bits per heavy atom. The number of rotatable bonds is 4. The molecule has 5 nitrogen and oxygen atoms in total. The zero-order valence-corrected chi connectivity index (χ0v) is 14.4. The molecule has 0 unspecified atom stereocenters. The Kier molecular flexibility index (Phi) is 4.31. The highest BCUT2D eigenvalue weighted by molar-refractivity contribution is 9.08. The van der Waals surface area contributed by atoms with Gasteiger partial charge in [0.1, 0.15) is 6.04 Å². The number of carbonyl (C=O) groups is 1. The fourth-order valence-electron chi connectivity index (χ4n) is 3.68. The third kappa shape index (κ3) is 2.59. The van der Waals surface area contributed by atoms with Crippen molar-refractivity contribution in [2.75, 3.05) is 0 Å². The number of fused-ring (bicyclic) bond motifs is 1. The van der Waals surface area contributed by atoms with Crippen LogP contribution in [0, 0.1) is 5.92 Å². The Morgan fingerprint density at radius 3 is 2.55 bits per heavy atom. The van der Waals surface area contributed by atoms with Crippen LogP contribution in [0.2, 0.25) is 0 Å².